The van der Waals surface area contributed by atoms with Crippen molar-refractivity contribution in [2.75, 3.05) is 0 Å². The van der Waals surface area contributed by atoms with Crippen molar-refractivity contribution in [1.29, 1.82) is 0 Å². The van der Waals surface area contributed by atoms with Crippen molar-refractivity contribution in [2.24, 2.45) is 0 Å². The lowest BCUT2D eigenvalue weighted by atomic mass is 9.94. The second-order valence-electron chi connectivity index (χ2n) is 5.98. The van der Waals surface area contributed by atoms with Gasteiger partial charge in [-0.05, 0) is 38.5 Å². The van der Waals surface area contributed by atoms with E-state index in [4.69, 9.17) is 4.42 Å². The molecule has 1 aromatic heterocycles. The molecular formula is C17H19NO4. The number of carbonyl (C=O) groups is 2. The van der Waals surface area contributed by atoms with Gasteiger partial charge in [-0.15, -0.1) is 0 Å². The van der Waals surface area contributed by atoms with Crippen molar-refractivity contribution < 1.29 is 19.1 Å². The maximum absolute atomic E-state index is 12.8. The number of furan rings is 1. The molecule has 0 aliphatic rings. The Hall–Kier alpha value is -2.56. The molecule has 2 aromatic rings. The Kier molecular flexibility index (Phi) is 4.35. The highest BCUT2D eigenvalue weighted by Crippen LogP contribution is 2.31. The van der Waals surface area contributed by atoms with Gasteiger partial charge in [0.15, 0.2) is 5.76 Å². The Balaban J connectivity index is 2.55. The third-order valence-corrected chi connectivity index (χ3v) is 3.31. The first-order chi connectivity index (χ1) is 10.3. The highest BCUT2D eigenvalue weighted by Gasteiger charge is 2.39. The standard InChI is InChI=1S/C17H19NO4/c1-17(2,3)18(16(20)21)14(12-8-5-4-6-9-12)15(19)13-10-7-11-22-13/h4-11,14H,1-3H3,(H,20,21). The number of benzene rings is 1. The average Bonchev–Trinajstić information content (AvgIpc) is 2.97. The van der Waals surface area contributed by atoms with Crippen LogP contribution in [0.4, 0.5) is 4.79 Å². The first kappa shape index (κ1) is 15.8. The SMILES string of the molecule is CC(C)(C)N(C(=O)O)C(C(=O)c1ccco1)c1ccccc1. The number of rotatable bonds is 4. The lowest BCUT2D eigenvalue weighted by molar-refractivity contribution is 0.0529. The van der Waals surface area contributed by atoms with E-state index in [0.29, 0.717) is 5.56 Å². The number of ketones is 1. The van der Waals surface area contributed by atoms with Crippen molar-refractivity contribution >= 4 is 11.9 Å². The summed E-state index contributed by atoms with van der Waals surface area (Å²) in [4.78, 5) is 25.7. The van der Waals surface area contributed by atoms with E-state index in [-0.39, 0.29) is 11.5 Å². The van der Waals surface area contributed by atoms with Gasteiger partial charge in [-0.25, -0.2) is 4.79 Å². The Morgan fingerprint density at radius 3 is 2.18 bits per heavy atom. The van der Waals surface area contributed by atoms with Crippen LogP contribution in [0.2, 0.25) is 0 Å². The van der Waals surface area contributed by atoms with Crippen LogP contribution in [0.1, 0.15) is 42.9 Å². The molecule has 0 bridgehead atoms. The summed E-state index contributed by atoms with van der Waals surface area (Å²) in [5, 5.41) is 9.63. The van der Waals surface area contributed by atoms with Gasteiger partial charge in [0.2, 0.25) is 5.78 Å². The Morgan fingerprint density at radius 2 is 1.73 bits per heavy atom. The molecule has 1 heterocycles. The highest BCUT2D eigenvalue weighted by atomic mass is 16.4. The molecule has 1 N–H and O–H groups in total. The fraction of sp³-hybridized carbons (Fsp3) is 0.294. The first-order valence-corrected chi connectivity index (χ1v) is 6.97. The van der Waals surface area contributed by atoms with Gasteiger partial charge in [-0.1, -0.05) is 30.3 Å². The van der Waals surface area contributed by atoms with E-state index in [1.165, 1.54) is 6.26 Å². The van der Waals surface area contributed by atoms with Crippen LogP contribution < -0.4 is 0 Å². The fourth-order valence-corrected chi connectivity index (χ4v) is 2.39. The molecule has 2 rings (SSSR count). The molecular weight excluding hydrogens is 282 g/mol. The van der Waals surface area contributed by atoms with Gasteiger partial charge in [-0.3, -0.25) is 9.69 Å². The van der Waals surface area contributed by atoms with Crippen molar-refractivity contribution in [1.82, 2.24) is 4.90 Å². The first-order valence-electron chi connectivity index (χ1n) is 6.97. The smallest absolute Gasteiger partial charge is 0.408 e. The maximum Gasteiger partial charge on any atom is 0.408 e. The van der Waals surface area contributed by atoms with Gasteiger partial charge in [0.25, 0.3) is 0 Å². The monoisotopic (exact) mass is 301 g/mol. The molecule has 0 radical (unpaired) electrons. The van der Waals surface area contributed by atoms with Crippen LogP contribution >= 0.6 is 0 Å². The molecule has 1 aromatic carbocycles. The van der Waals surface area contributed by atoms with Crippen molar-refractivity contribution in [2.45, 2.75) is 32.4 Å². The van der Waals surface area contributed by atoms with Gasteiger partial charge in [-0.2, -0.15) is 0 Å². The minimum Gasteiger partial charge on any atom is -0.465 e. The third kappa shape index (κ3) is 3.19. The summed E-state index contributed by atoms with van der Waals surface area (Å²) >= 11 is 0. The number of carboxylic acid groups (broad SMARTS) is 1. The second-order valence-corrected chi connectivity index (χ2v) is 5.98. The van der Waals surface area contributed by atoms with Crippen molar-refractivity contribution in [3.63, 3.8) is 0 Å². The molecule has 1 atom stereocenters. The number of carbonyl (C=O) groups excluding carboxylic acids is 1. The van der Waals surface area contributed by atoms with Crippen LogP contribution in [0.15, 0.2) is 53.1 Å². The van der Waals surface area contributed by atoms with E-state index in [2.05, 4.69) is 0 Å². The molecule has 0 spiro atoms. The van der Waals surface area contributed by atoms with Crippen molar-refractivity contribution in [3.8, 4) is 0 Å². The van der Waals surface area contributed by atoms with Gasteiger partial charge in [0.1, 0.15) is 6.04 Å². The largest absolute Gasteiger partial charge is 0.465 e. The number of hydrogen-bond donors (Lipinski definition) is 1. The zero-order chi connectivity index (χ0) is 16.3. The molecule has 0 aliphatic heterocycles. The van der Waals surface area contributed by atoms with Crippen LogP contribution in [0, 0.1) is 0 Å². The molecule has 1 unspecified atom stereocenters. The predicted octanol–water partition coefficient (Wildman–Crippen LogP) is 3.98. The molecule has 0 aliphatic carbocycles. The maximum atomic E-state index is 12.8. The van der Waals surface area contributed by atoms with E-state index >= 15 is 0 Å². The summed E-state index contributed by atoms with van der Waals surface area (Å²) < 4.78 is 5.17. The van der Waals surface area contributed by atoms with Gasteiger partial charge in [0, 0.05) is 5.54 Å². The van der Waals surface area contributed by atoms with E-state index < -0.39 is 17.7 Å². The van der Waals surface area contributed by atoms with Crippen LogP contribution in [0.5, 0.6) is 0 Å². The topological polar surface area (TPSA) is 70.8 Å². The lowest BCUT2D eigenvalue weighted by Crippen LogP contribution is -2.49. The predicted molar refractivity (Wildman–Crippen MR) is 81.8 cm³/mol. The Labute approximate surface area is 129 Å². The van der Waals surface area contributed by atoms with Gasteiger partial charge < -0.3 is 9.52 Å². The molecule has 1 amide bonds. The van der Waals surface area contributed by atoms with Crippen molar-refractivity contribution in [3.05, 3.63) is 60.1 Å². The lowest BCUT2D eigenvalue weighted by Gasteiger charge is -2.38. The van der Waals surface area contributed by atoms with E-state index in [0.717, 1.165) is 4.90 Å². The minimum absolute atomic E-state index is 0.143. The summed E-state index contributed by atoms with van der Waals surface area (Å²) in [6, 6.07) is 11.1. The Morgan fingerprint density at radius 1 is 1.09 bits per heavy atom. The highest BCUT2D eigenvalue weighted by molar-refractivity contribution is 6.00. The zero-order valence-electron chi connectivity index (χ0n) is 12.8. The fourth-order valence-electron chi connectivity index (χ4n) is 2.39. The van der Waals surface area contributed by atoms with Crippen LogP contribution in [0.3, 0.4) is 0 Å². The second kappa shape index (κ2) is 6.05. The summed E-state index contributed by atoms with van der Waals surface area (Å²) in [7, 11) is 0. The number of hydrogen-bond acceptors (Lipinski definition) is 3. The molecule has 116 valence electrons. The van der Waals surface area contributed by atoms with E-state index in [1.807, 2.05) is 6.07 Å². The normalized spacial score (nSPS) is 12.7. The van der Waals surface area contributed by atoms with Crippen LogP contribution in [0.25, 0.3) is 0 Å². The third-order valence-electron chi connectivity index (χ3n) is 3.31. The summed E-state index contributed by atoms with van der Waals surface area (Å²) in [5.74, 6) is -0.238. The van der Waals surface area contributed by atoms with E-state index in [9.17, 15) is 14.7 Å². The molecule has 0 fully saturated rings. The Bertz CT molecular complexity index is 641. The molecule has 5 heteroatoms. The number of amides is 1. The molecule has 0 saturated heterocycles. The zero-order valence-corrected chi connectivity index (χ0v) is 12.8. The minimum atomic E-state index is -1.15. The van der Waals surface area contributed by atoms with Crippen LogP contribution in [-0.2, 0) is 0 Å². The summed E-state index contributed by atoms with van der Waals surface area (Å²) in [5.41, 5.74) is -0.129. The van der Waals surface area contributed by atoms with Gasteiger partial charge >= 0.3 is 6.09 Å². The molecule has 5 nitrogen and oxygen atoms in total. The molecule has 22 heavy (non-hydrogen) atoms. The average molecular weight is 301 g/mol. The summed E-state index contributed by atoms with van der Waals surface area (Å²) in [6.07, 6.45) is 0.249. The number of Topliss-reactive ketones (excluding diaryl/α,β-unsaturated/α-hetero) is 1. The molecule has 0 saturated carbocycles. The number of nitrogens with zero attached hydrogens (tertiary/aromatic N) is 1. The van der Waals surface area contributed by atoms with Gasteiger partial charge in [0.05, 0.1) is 6.26 Å². The van der Waals surface area contributed by atoms with E-state index in [1.54, 1.807) is 57.2 Å². The summed E-state index contributed by atoms with van der Waals surface area (Å²) in [6.45, 7) is 5.27. The van der Waals surface area contributed by atoms with Crippen LogP contribution in [-0.4, -0.2) is 27.4 Å². The quantitative estimate of drug-likeness (QED) is 0.867.